The molecule has 2 aromatic carbocycles. The van der Waals surface area contributed by atoms with Crippen LogP contribution in [0, 0.1) is 13.8 Å². The summed E-state index contributed by atoms with van der Waals surface area (Å²) in [6.45, 7) is 4.45. The number of rotatable bonds is 8. The summed E-state index contributed by atoms with van der Waals surface area (Å²) in [7, 11) is 4.72. The fraction of sp³-hybridized carbons (Fsp3) is 0.360. The van der Waals surface area contributed by atoms with Crippen LogP contribution in [0.2, 0.25) is 0 Å². The van der Waals surface area contributed by atoms with E-state index >= 15 is 0 Å². The summed E-state index contributed by atoms with van der Waals surface area (Å²) in [5.41, 5.74) is 2.79. The molecule has 3 rings (SSSR count). The van der Waals surface area contributed by atoms with E-state index in [0.29, 0.717) is 42.2 Å². The average molecular weight is 440 g/mol. The third-order valence-electron chi connectivity index (χ3n) is 5.69. The normalized spacial score (nSPS) is 17.7. The molecule has 1 heterocycles. The summed E-state index contributed by atoms with van der Waals surface area (Å²) in [5, 5.41) is 11.3. The first kappa shape index (κ1) is 23.3. The molecule has 1 aliphatic rings. The maximum atomic E-state index is 13.1. The Kier molecular flexibility index (Phi) is 7.20. The number of aliphatic hydroxyl groups is 1. The first-order chi connectivity index (χ1) is 15.3. The molecule has 0 saturated carbocycles. The Balaban J connectivity index is 2.19. The van der Waals surface area contributed by atoms with E-state index in [4.69, 9.17) is 14.2 Å². The van der Waals surface area contributed by atoms with E-state index in [1.165, 1.54) is 4.90 Å². The minimum atomic E-state index is -0.733. The third kappa shape index (κ3) is 4.34. The molecule has 1 amide bonds. The Bertz CT molecular complexity index is 1060. The summed E-state index contributed by atoms with van der Waals surface area (Å²) in [4.78, 5) is 27.6. The Hall–Kier alpha value is -3.32. The number of benzene rings is 2. The molecule has 32 heavy (non-hydrogen) atoms. The van der Waals surface area contributed by atoms with Crippen LogP contribution in [-0.4, -0.2) is 56.2 Å². The standard InChI is InChI=1S/C25H29NO6/c1-15-13-20(32-5)16(2)12-19(15)23(27)21-22(17-8-6-9-18(14-17)31-4)26(10-7-11-30-3)25(29)24(21)28/h6,8-9,12-14,22,27H,7,10-11H2,1-5H3/b23-21+. The van der Waals surface area contributed by atoms with E-state index in [1.807, 2.05) is 19.9 Å². The first-order valence-corrected chi connectivity index (χ1v) is 10.4. The summed E-state index contributed by atoms with van der Waals surface area (Å²) in [6.07, 6.45) is 0.560. The van der Waals surface area contributed by atoms with Gasteiger partial charge in [0.05, 0.1) is 25.8 Å². The number of aryl methyl sites for hydroxylation is 2. The van der Waals surface area contributed by atoms with Gasteiger partial charge in [0, 0.05) is 25.8 Å². The van der Waals surface area contributed by atoms with Gasteiger partial charge in [-0.15, -0.1) is 0 Å². The second-order valence-electron chi connectivity index (χ2n) is 7.75. The van der Waals surface area contributed by atoms with Crippen LogP contribution in [0.5, 0.6) is 11.5 Å². The molecular formula is C25H29NO6. The lowest BCUT2D eigenvalue weighted by molar-refractivity contribution is -0.140. The second kappa shape index (κ2) is 9.87. The molecule has 1 N–H and O–H groups in total. The van der Waals surface area contributed by atoms with Gasteiger partial charge in [-0.2, -0.15) is 0 Å². The van der Waals surface area contributed by atoms with Crippen molar-refractivity contribution in [3.63, 3.8) is 0 Å². The Morgan fingerprint density at radius 3 is 2.44 bits per heavy atom. The van der Waals surface area contributed by atoms with Gasteiger partial charge < -0.3 is 24.2 Å². The highest BCUT2D eigenvalue weighted by Gasteiger charge is 2.46. The van der Waals surface area contributed by atoms with Crippen LogP contribution in [0.1, 0.15) is 34.7 Å². The average Bonchev–Trinajstić information content (AvgIpc) is 3.05. The second-order valence-corrected chi connectivity index (χ2v) is 7.75. The van der Waals surface area contributed by atoms with Crippen molar-refractivity contribution in [1.29, 1.82) is 0 Å². The molecule has 7 nitrogen and oxygen atoms in total. The minimum absolute atomic E-state index is 0.0633. The number of hydrogen-bond donors (Lipinski definition) is 1. The van der Waals surface area contributed by atoms with Crippen LogP contribution in [0.15, 0.2) is 42.0 Å². The van der Waals surface area contributed by atoms with Crippen LogP contribution in [0.25, 0.3) is 5.76 Å². The van der Waals surface area contributed by atoms with Crippen LogP contribution >= 0.6 is 0 Å². The molecule has 1 fully saturated rings. The van der Waals surface area contributed by atoms with E-state index in [2.05, 4.69) is 0 Å². The predicted octanol–water partition coefficient (Wildman–Crippen LogP) is 3.78. The number of carbonyl (C=O) groups excluding carboxylic acids is 2. The molecular weight excluding hydrogens is 410 g/mol. The monoisotopic (exact) mass is 439 g/mol. The smallest absolute Gasteiger partial charge is 0.295 e. The van der Waals surface area contributed by atoms with Crippen molar-refractivity contribution in [2.24, 2.45) is 0 Å². The number of aliphatic hydroxyl groups excluding tert-OH is 1. The molecule has 1 unspecified atom stereocenters. The highest BCUT2D eigenvalue weighted by atomic mass is 16.5. The molecule has 1 saturated heterocycles. The molecule has 1 aliphatic heterocycles. The number of likely N-dealkylation sites (tertiary alicyclic amines) is 1. The van der Waals surface area contributed by atoms with Crippen molar-refractivity contribution in [2.75, 3.05) is 34.5 Å². The lowest BCUT2D eigenvalue weighted by Gasteiger charge is -2.25. The lowest BCUT2D eigenvalue weighted by Crippen LogP contribution is -2.31. The van der Waals surface area contributed by atoms with Crippen LogP contribution in [0.3, 0.4) is 0 Å². The summed E-state index contributed by atoms with van der Waals surface area (Å²) >= 11 is 0. The van der Waals surface area contributed by atoms with E-state index in [-0.39, 0.29) is 11.3 Å². The first-order valence-electron chi connectivity index (χ1n) is 10.4. The summed E-state index contributed by atoms with van der Waals surface area (Å²) < 4.78 is 15.8. The molecule has 0 radical (unpaired) electrons. The van der Waals surface area contributed by atoms with Crippen molar-refractivity contribution >= 4 is 17.4 Å². The van der Waals surface area contributed by atoms with Crippen LogP contribution in [-0.2, 0) is 14.3 Å². The molecule has 1 atom stereocenters. The fourth-order valence-corrected chi connectivity index (χ4v) is 4.06. The zero-order valence-electron chi connectivity index (χ0n) is 19.1. The van der Waals surface area contributed by atoms with Gasteiger partial charge in [0.25, 0.3) is 11.7 Å². The molecule has 2 aromatic rings. The van der Waals surface area contributed by atoms with Gasteiger partial charge in [0.1, 0.15) is 17.3 Å². The molecule has 0 aliphatic carbocycles. The Morgan fingerprint density at radius 1 is 1.03 bits per heavy atom. The number of ether oxygens (including phenoxy) is 3. The number of nitrogens with zero attached hydrogens (tertiary/aromatic N) is 1. The van der Waals surface area contributed by atoms with Crippen molar-refractivity contribution in [3.05, 3.63) is 64.2 Å². The zero-order chi connectivity index (χ0) is 23.4. The van der Waals surface area contributed by atoms with Crippen molar-refractivity contribution in [3.8, 4) is 11.5 Å². The van der Waals surface area contributed by atoms with Gasteiger partial charge in [-0.25, -0.2) is 0 Å². The number of carbonyl (C=O) groups is 2. The van der Waals surface area contributed by atoms with Gasteiger partial charge in [-0.1, -0.05) is 12.1 Å². The highest BCUT2D eigenvalue weighted by Crippen LogP contribution is 2.41. The number of hydrogen-bond acceptors (Lipinski definition) is 6. The van der Waals surface area contributed by atoms with Crippen molar-refractivity contribution in [2.45, 2.75) is 26.3 Å². The van der Waals surface area contributed by atoms with E-state index in [0.717, 1.165) is 11.1 Å². The van der Waals surface area contributed by atoms with Crippen LogP contribution < -0.4 is 9.47 Å². The van der Waals surface area contributed by atoms with Gasteiger partial charge in [-0.05, 0) is 61.2 Å². The van der Waals surface area contributed by atoms with Gasteiger partial charge in [0.2, 0.25) is 0 Å². The van der Waals surface area contributed by atoms with Crippen molar-refractivity contribution in [1.82, 2.24) is 4.90 Å². The third-order valence-corrected chi connectivity index (χ3v) is 5.69. The number of ketones is 1. The number of amides is 1. The molecule has 0 aromatic heterocycles. The Labute approximate surface area is 188 Å². The molecule has 0 bridgehead atoms. The summed E-state index contributed by atoms with van der Waals surface area (Å²) in [6, 6.07) is 10.0. The maximum Gasteiger partial charge on any atom is 0.295 e. The highest BCUT2D eigenvalue weighted by molar-refractivity contribution is 6.46. The van der Waals surface area contributed by atoms with E-state index < -0.39 is 17.7 Å². The minimum Gasteiger partial charge on any atom is -0.507 e. The largest absolute Gasteiger partial charge is 0.507 e. The summed E-state index contributed by atoms with van der Waals surface area (Å²) in [5.74, 6) is -0.266. The molecule has 170 valence electrons. The topological polar surface area (TPSA) is 85.3 Å². The lowest BCUT2D eigenvalue weighted by atomic mass is 9.93. The predicted molar refractivity (Wildman–Crippen MR) is 121 cm³/mol. The number of methoxy groups -OCH3 is 3. The fourth-order valence-electron chi connectivity index (χ4n) is 4.06. The zero-order valence-corrected chi connectivity index (χ0v) is 19.1. The van der Waals surface area contributed by atoms with Gasteiger partial charge in [0.15, 0.2) is 0 Å². The van der Waals surface area contributed by atoms with Crippen LogP contribution in [0.4, 0.5) is 0 Å². The Morgan fingerprint density at radius 2 is 1.78 bits per heavy atom. The SMILES string of the molecule is COCCCN1C(=O)C(=O)/C(=C(/O)c2cc(C)c(OC)cc2C)C1c1cccc(OC)c1. The maximum absolute atomic E-state index is 13.1. The van der Waals surface area contributed by atoms with E-state index in [1.54, 1.807) is 51.7 Å². The molecule has 7 heteroatoms. The van der Waals surface area contributed by atoms with Gasteiger partial charge >= 0.3 is 0 Å². The van der Waals surface area contributed by atoms with E-state index in [9.17, 15) is 14.7 Å². The van der Waals surface area contributed by atoms with Gasteiger partial charge in [-0.3, -0.25) is 9.59 Å². The quantitative estimate of drug-likeness (QED) is 0.292. The molecule has 0 spiro atoms. The van der Waals surface area contributed by atoms with Crippen molar-refractivity contribution < 1.29 is 28.9 Å². The number of Topliss-reactive ketones (excluding diaryl/α,β-unsaturated/α-hetero) is 1.